The largest absolute Gasteiger partial charge is 0.371 e. The number of piperidine rings is 2. The topological polar surface area (TPSA) is 60.9 Å². The van der Waals surface area contributed by atoms with Gasteiger partial charge in [0.1, 0.15) is 0 Å². The number of hydrogen-bond acceptors (Lipinski definition) is 4. The maximum absolute atomic E-state index is 13.6. The Morgan fingerprint density at radius 1 is 0.839 bits per heavy atom. The molecule has 2 aromatic carbocycles. The summed E-state index contributed by atoms with van der Waals surface area (Å²) in [5.74, 6) is -0.192. The normalized spacial score (nSPS) is 18.0. The molecule has 2 aromatic rings. The molecule has 0 bridgehead atoms. The van der Waals surface area contributed by atoms with E-state index in [0.717, 1.165) is 56.6 Å². The van der Waals surface area contributed by atoms with E-state index in [-0.39, 0.29) is 10.8 Å². The number of rotatable bonds is 5. The molecule has 0 saturated carbocycles. The van der Waals surface area contributed by atoms with Crippen molar-refractivity contribution in [3.63, 3.8) is 0 Å². The van der Waals surface area contributed by atoms with Crippen LogP contribution in [0.5, 0.6) is 0 Å². The predicted octanol–water partition coefficient (Wildman–Crippen LogP) is 4.13. The third-order valence-corrected chi connectivity index (χ3v) is 8.19. The van der Waals surface area contributed by atoms with Crippen molar-refractivity contribution in [1.29, 1.82) is 0 Å². The molecule has 0 atom stereocenters. The second-order valence-electron chi connectivity index (χ2n) is 8.39. The van der Waals surface area contributed by atoms with Crippen molar-refractivity contribution in [2.75, 3.05) is 43.0 Å². The zero-order valence-corrected chi connectivity index (χ0v) is 19.0. The fraction of sp³-hybridized carbons (Fsp3) is 0.458. The lowest BCUT2D eigenvalue weighted by Crippen LogP contribution is -2.36. The Bertz CT molecular complexity index is 1010. The molecular weight excluding hydrogens is 410 g/mol. The van der Waals surface area contributed by atoms with Crippen molar-refractivity contribution < 1.29 is 13.2 Å². The molecule has 2 aliphatic rings. The molecule has 1 amide bonds. The number of para-hydroxylation sites is 1. The van der Waals surface area contributed by atoms with Crippen LogP contribution in [0.15, 0.2) is 53.4 Å². The van der Waals surface area contributed by atoms with Gasteiger partial charge in [-0.2, -0.15) is 4.31 Å². The third kappa shape index (κ3) is 4.62. The smallest absolute Gasteiger partial charge is 0.260 e. The summed E-state index contributed by atoms with van der Waals surface area (Å²) < 4.78 is 28.1. The Kier molecular flexibility index (Phi) is 6.62. The van der Waals surface area contributed by atoms with Crippen LogP contribution < -0.4 is 9.80 Å². The maximum atomic E-state index is 13.6. The highest BCUT2D eigenvalue weighted by Gasteiger charge is 2.29. The number of nitrogens with zero attached hydrogens (tertiary/aromatic N) is 3. The monoisotopic (exact) mass is 441 g/mol. The van der Waals surface area contributed by atoms with Crippen molar-refractivity contribution >= 4 is 27.3 Å². The SMILES string of the molecule is CN(C(=O)c1cc(S(=O)(=O)N2CCCCC2)ccc1N1CCCCC1)c1ccccc1. The van der Waals surface area contributed by atoms with E-state index in [1.54, 1.807) is 28.4 Å². The Labute approximate surface area is 185 Å². The van der Waals surface area contributed by atoms with Crippen LogP contribution in [0.4, 0.5) is 11.4 Å². The first-order valence-corrected chi connectivity index (χ1v) is 12.6. The molecule has 2 fully saturated rings. The minimum absolute atomic E-state index is 0.192. The fourth-order valence-corrected chi connectivity index (χ4v) is 6.01. The van der Waals surface area contributed by atoms with Gasteiger partial charge in [0.25, 0.3) is 5.91 Å². The van der Waals surface area contributed by atoms with Crippen LogP contribution in [0.2, 0.25) is 0 Å². The van der Waals surface area contributed by atoms with Crippen LogP contribution in [0.1, 0.15) is 48.9 Å². The molecule has 4 rings (SSSR count). The molecule has 0 aliphatic carbocycles. The maximum Gasteiger partial charge on any atom is 0.260 e. The van der Waals surface area contributed by atoms with Crippen LogP contribution in [-0.4, -0.2) is 51.9 Å². The van der Waals surface area contributed by atoms with Crippen molar-refractivity contribution in [2.24, 2.45) is 0 Å². The molecule has 2 saturated heterocycles. The number of benzene rings is 2. The van der Waals surface area contributed by atoms with Gasteiger partial charge in [-0.1, -0.05) is 24.6 Å². The standard InChI is InChI=1S/C24H31N3O3S/c1-25(20-11-5-2-6-12-20)24(28)22-19-21(31(29,30)27-17-9-4-10-18-27)13-14-23(22)26-15-7-3-8-16-26/h2,5-6,11-14,19H,3-4,7-10,15-18H2,1H3. The molecule has 0 spiro atoms. The lowest BCUT2D eigenvalue weighted by Gasteiger charge is -2.32. The van der Waals surface area contributed by atoms with Gasteiger partial charge in [-0.05, 0) is 62.4 Å². The second kappa shape index (κ2) is 9.40. The van der Waals surface area contributed by atoms with E-state index in [2.05, 4.69) is 4.90 Å². The molecule has 0 aromatic heterocycles. The summed E-state index contributed by atoms with van der Waals surface area (Å²) >= 11 is 0. The van der Waals surface area contributed by atoms with E-state index in [0.29, 0.717) is 18.7 Å². The summed E-state index contributed by atoms with van der Waals surface area (Å²) in [4.78, 5) is 17.6. The number of hydrogen-bond donors (Lipinski definition) is 0. The summed E-state index contributed by atoms with van der Waals surface area (Å²) in [5.41, 5.74) is 2.05. The van der Waals surface area contributed by atoms with Crippen molar-refractivity contribution in [2.45, 2.75) is 43.4 Å². The van der Waals surface area contributed by atoms with Gasteiger partial charge in [-0.15, -0.1) is 0 Å². The van der Waals surface area contributed by atoms with E-state index >= 15 is 0 Å². The summed E-state index contributed by atoms with van der Waals surface area (Å²) in [5, 5.41) is 0. The summed E-state index contributed by atoms with van der Waals surface area (Å²) in [7, 11) is -1.87. The molecule has 2 aliphatic heterocycles. The van der Waals surface area contributed by atoms with E-state index in [4.69, 9.17) is 0 Å². The lowest BCUT2D eigenvalue weighted by atomic mass is 10.1. The van der Waals surface area contributed by atoms with Gasteiger partial charge in [0.2, 0.25) is 10.0 Å². The second-order valence-corrected chi connectivity index (χ2v) is 10.3. The van der Waals surface area contributed by atoms with Gasteiger partial charge in [0.15, 0.2) is 0 Å². The van der Waals surface area contributed by atoms with E-state index in [9.17, 15) is 13.2 Å². The number of carbonyl (C=O) groups excluding carboxylic acids is 1. The van der Waals surface area contributed by atoms with Crippen molar-refractivity contribution in [1.82, 2.24) is 4.31 Å². The predicted molar refractivity (Wildman–Crippen MR) is 124 cm³/mol. The molecule has 0 radical (unpaired) electrons. The van der Waals surface area contributed by atoms with Gasteiger partial charge in [-0.25, -0.2) is 8.42 Å². The highest BCUT2D eigenvalue weighted by Crippen LogP contribution is 2.30. The van der Waals surface area contributed by atoms with Gasteiger partial charge in [0, 0.05) is 44.6 Å². The van der Waals surface area contributed by atoms with Gasteiger partial charge >= 0.3 is 0 Å². The lowest BCUT2D eigenvalue weighted by molar-refractivity contribution is 0.0993. The molecule has 7 heteroatoms. The van der Waals surface area contributed by atoms with Crippen molar-refractivity contribution in [3.8, 4) is 0 Å². The van der Waals surface area contributed by atoms with Crippen LogP contribution in [0, 0.1) is 0 Å². The first-order valence-electron chi connectivity index (χ1n) is 11.2. The van der Waals surface area contributed by atoms with E-state index in [1.807, 2.05) is 36.4 Å². The number of sulfonamides is 1. The van der Waals surface area contributed by atoms with Crippen LogP contribution in [0.25, 0.3) is 0 Å². The van der Waals surface area contributed by atoms with Gasteiger partial charge in [-0.3, -0.25) is 4.79 Å². The molecule has 0 N–H and O–H groups in total. The Balaban J connectivity index is 1.74. The molecule has 166 valence electrons. The van der Waals surface area contributed by atoms with Crippen LogP contribution >= 0.6 is 0 Å². The summed E-state index contributed by atoms with van der Waals surface area (Å²) in [6.07, 6.45) is 6.17. The van der Waals surface area contributed by atoms with Gasteiger partial charge in [0.05, 0.1) is 10.5 Å². The van der Waals surface area contributed by atoms with Gasteiger partial charge < -0.3 is 9.80 Å². The zero-order valence-electron chi connectivity index (χ0n) is 18.2. The number of amides is 1. The summed E-state index contributed by atoms with van der Waals surface area (Å²) in [6, 6.07) is 14.5. The Morgan fingerprint density at radius 2 is 1.45 bits per heavy atom. The van der Waals surface area contributed by atoms with E-state index < -0.39 is 10.0 Å². The first-order chi connectivity index (χ1) is 15.0. The highest BCUT2D eigenvalue weighted by molar-refractivity contribution is 7.89. The van der Waals surface area contributed by atoms with Crippen LogP contribution in [-0.2, 0) is 10.0 Å². The quantitative estimate of drug-likeness (QED) is 0.700. The molecule has 6 nitrogen and oxygen atoms in total. The first kappa shape index (κ1) is 21.8. The summed E-state index contributed by atoms with van der Waals surface area (Å²) in [6.45, 7) is 2.86. The molecule has 31 heavy (non-hydrogen) atoms. The average molecular weight is 442 g/mol. The zero-order chi connectivity index (χ0) is 21.8. The number of carbonyl (C=O) groups is 1. The average Bonchev–Trinajstić information content (AvgIpc) is 2.84. The molecule has 2 heterocycles. The van der Waals surface area contributed by atoms with Crippen molar-refractivity contribution in [3.05, 3.63) is 54.1 Å². The fourth-order valence-electron chi connectivity index (χ4n) is 4.46. The number of anilines is 2. The van der Waals surface area contributed by atoms with E-state index in [1.165, 1.54) is 6.42 Å². The molecule has 0 unspecified atom stereocenters. The Morgan fingerprint density at radius 3 is 2.10 bits per heavy atom. The Hall–Kier alpha value is -2.38. The highest BCUT2D eigenvalue weighted by atomic mass is 32.2. The molecular formula is C24H31N3O3S. The van der Waals surface area contributed by atoms with Crippen LogP contribution in [0.3, 0.4) is 0 Å². The third-order valence-electron chi connectivity index (χ3n) is 6.30. The minimum Gasteiger partial charge on any atom is -0.371 e. The minimum atomic E-state index is -3.61.